The van der Waals surface area contributed by atoms with E-state index in [1.807, 2.05) is 17.0 Å². The maximum atomic E-state index is 12.7. The van der Waals surface area contributed by atoms with E-state index >= 15 is 0 Å². The van der Waals surface area contributed by atoms with E-state index in [-0.39, 0.29) is 17.9 Å². The second-order valence-corrected chi connectivity index (χ2v) is 8.99. The number of carbonyl (C=O) groups excluding carboxylic acids is 1. The Labute approximate surface area is 182 Å². The Bertz CT molecular complexity index is 931. The van der Waals surface area contributed by atoms with Crippen molar-refractivity contribution >= 4 is 12.1 Å². The number of aliphatic carboxylic acids is 1. The summed E-state index contributed by atoms with van der Waals surface area (Å²) in [6.45, 7) is 4.01. The molecule has 2 aromatic carbocycles. The summed E-state index contributed by atoms with van der Waals surface area (Å²) in [4.78, 5) is 27.7. The van der Waals surface area contributed by atoms with Crippen LogP contribution in [0.15, 0.2) is 48.5 Å². The number of carboxylic acid groups (broad SMARTS) is 1. The van der Waals surface area contributed by atoms with E-state index in [4.69, 9.17) is 9.84 Å². The number of hydrogen-bond acceptors (Lipinski definition) is 4. The van der Waals surface area contributed by atoms with Crippen molar-refractivity contribution in [1.29, 1.82) is 0 Å². The minimum absolute atomic E-state index is 0.0856. The molecule has 0 aromatic heterocycles. The first-order valence-electron chi connectivity index (χ1n) is 11.1. The molecule has 2 fully saturated rings. The Hall–Kier alpha value is -2.86. The number of ether oxygens (including phenoxy) is 1. The van der Waals surface area contributed by atoms with Crippen LogP contribution in [0.4, 0.5) is 4.79 Å². The van der Waals surface area contributed by atoms with Gasteiger partial charge >= 0.3 is 12.1 Å². The number of benzene rings is 2. The summed E-state index contributed by atoms with van der Waals surface area (Å²) in [6, 6.07) is 16.7. The SMILES string of the molecule is O=C(O)C1CN(CC2CCN(C(=O)OCC3c4ccccc4-c4ccccc43)CC2)C1. The molecule has 0 unspecified atom stereocenters. The molecule has 2 aliphatic heterocycles. The van der Waals surface area contributed by atoms with Gasteiger partial charge in [-0.25, -0.2) is 4.79 Å². The second-order valence-electron chi connectivity index (χ2n) is 8.99. The van der Waals surface area contributed by atoms with E-state index in [1.54, 1.807) is 0 Å². The van der Waals surface area contributed by atoms with Crippen molar-refractivity contribution in [3.8, 4) is 11.1 Å². The van der Waals surface area contributed by atoms with Gasteiger partial charge < -0.3 is 19.6 Å². The Morgan fingerprint density at radius 3 is 2.10 bits per heavy atom. The van der Waals surface area contributed by atoms with Gasteiger partial charge in [0.25, 0.3) is 0 Å². The van der Waals surface area contributed by atoms with Crippen LogP contribution in [0.3, 0.4) is 0 Å². The average molecular weight is 421 g/mol. The molecule has 2 aromatic rings. The van der Waals surface area contributed by atoms with E-state index in [0.29, 0.717) is 38.7 Å². The molecule has 0 atom stereocenters. The molecule has 1 N–H and O–H groups in total. The van der Waals surface area contributed by atoms with Gasteiger partial charge in [-0.1, -0.05) is 48.5 Å². The maximum Gasteiger partial charge on any atom is 0.409 e. The molecule has 6 nitrogen and oxygen atoms in total. The lowest BCUT2D eigenvalue weighted by molar-refractivity contribution is -0.147. The third-order valence-corrected chi connectivity index (χ3v) is 7.03. The number of rotatable bonds is 5. The van der Waals surface area contributed by atoms with E-state index in [1.165, 1.54) is 22.3 Å². The Balaban J connectivity index is 1.13. The second kappa shape index (κ2) is 8.35. The zero-order valence-corrected chi connectivity index (χ0v) is 17.6. The van der Waals surface area contributed by atoms with E-state index in [0.717, 1.165) is 19.4 Å². The van der Waals surface area contributed by atoms with E-state index in [9.17, 15) is 9.59 Å². The first-order chi connectivity index (χ1) is 15.1. The molecule has 0 bridgehead atoms. The zero-order valence-electron chi connectivity index (χ0n) is 17.6. The third-order valence-electron chi connectivity index (χ3n) is 7.03. The first kappa shape index (κ1) is 20.1. The van der Waals surface area contributed by atoms with Gasteiger partial charge in [0.15, 0.2) is 0 Å². The van der Waals surface area contributed by atoms with E-state index in [2.05, 4.69) is 41.3 Å². The topological polar surface area (TPSA) is 70.1 Å². The normalized spacial score (nSPS) is 19.5. The number of likely N-dealkylation sites (tertiary alicyclic amines) is 2. The Morgan fingerprint density at radius 1 is 0.935 bits per heavy atom. The van der Waals surface area contributed by atoms with Crippen molar-refractivity contribution in [2.75, 3.05) is 39.3 Å². The standard InChI is InChI=1S/C25H28N2O4/c28-24(29)18-14-26(15-18)13-17-9-11-27(12-10-17)25(30)31-16-23-21-7-3-1-5-19(21)20-6-2-4-8-22(20)23/h1-8,17-18,23H,9-16H2,(H,28,29). The predicted octanol–water partition coefficient (Wildman–Crippen LogP) is 3.66. The van der Waals surface area contributed by atoms with Crippen molar-refractivity contribution in [1.82, 2.24) is 9.80 Å². The van der Waals surface area contributed by atoms with Crippen LogP contribution in [0, 0.1) is 11.8 Å². The molecule has 1 aliphatic carbocycles. The van der Waals surface area contributed by atoms with Crippen LogP contribution in [0.2, 0.25) is 0 Å². The predicted molar refractivity (Wildman–Crippen MR) is 117 cm³/mol. The van der Waals surface area contributed by atoms with Crippen LogP contribution in [0.5, 0.6) is 0 Å². The van der Waals surface area contributed by atoms with Crippen LogP contribution in [0.1, 0.15) is 29.9 Å². The molecule has 3 aliphatic rings. The van der Waals surface area contributed by atoms with Crippen molar-refractivity contribution < 1.29 is 19.4 Å². The minimum atomic E-state index is -0.693. The largest absolute Gasteiger partial charge is 0.481 e. The van der Waals surface area contributed by atoms with Crippen LogP contribution in [-0.4, -0.2) is 66.3 Å². The summed E-state index contributed by atoms with van der Waals surface area (Å²) in [6.07, 6.45) is 1.66. The van der Waals surface area contributed by atoms with Crippen LogP contribution in [0.25, 0.3) is 11.1 Å². The van der Waals surface area contributed by atoms with Gasteiger partial charge in [0.2, 0.25) is 0 Å². The van der Waals surface area contributed by atoms with Gasteiger partial charge in [0.05, 0.1) is 5.92 Å². The molecule has 0 radical (unpaired) electrons. The fourth-order valence-corrected chi connectivity index (χ4v) is 5.22. The molecular weight excluding hydrogens is 392 g/mol. The number of carbonyl (C=O) groups is 2. The Morgan fingerprint density at radius 2 is 1.52 bits per heavy atom. The fraction of sp³-hybridized carbons (Fsp3) is 0.440. The summed E-state index contributed by atoms with van der Waals surface area (Å²) >= 11 is 0. The monoisotopic (exact) mass is 420 g/mol. The van der Waals surface area contributed by atoms with Crippen molar-refractivity contribution in [3.63, 3.8) is 0 Å². The van der Waals surface area contributed by atoms with Gasteiger partial charge in [0.1, 0.15) is 6.61 Å². The molecule has 5 rings (SSSR count). The summed E-state index contributed by atoms with van der Waals surface area (Å²) < 4.78 is 5.78. The highest BCUT2D eigenvalue weighted by Crippen LogP contribution is 2.44. The molecule has 1 amide bonds. The lowest BCUT2D eigenvalue weighted by Crippen LogP contribution is -2.52. The van der Waals surface area contributed by atoms with E-state index < -0.39 is 5.97 Å². The molecule has 2 saturated heterocycles. The fourth-order valence-electron chi connectivity index (χ4n) is 5.22. The molecule has 0 spiro atoms. The lowest BCUT2D eigenvalue weighted by Gasteiger charge is -2.41. The van der Waals surface area contributed by atoms with Crippen LogP contribution < -0.4 is 0 Å². The van der Waals surface area contributed by atoms with Gasteiger partial charge in [-0.05, 0) is 41.0 Å². The molecule has 162 valence electrons. The summed E-state index contributed by atoms with van der Waals surface area (Å²) in [5.74, 6) is -0.294. The minimum Gasteiger partial charge on any atom is -0.481 e. The smallest absolute Gasteiger partial charge is 0.409 e. The quantitative estimate of drug-likeness (QED) is 0.799. The summed E-state index contributed by atoms with van der Waals surface area (Å²) in [7, 11) is 0. The molecule has 0 saturated carbocycles. The highest BCUT2D eigenvalue weighted by molar-refractivity contribution is 5.79. The van der Waals surface area contributed by atoms with Gasteiger partial charge in [0, 0.05) is 38.6 Å². The molecular formula is C25H28N2O4. The average Bonchev–Trinajstić information content (AvgIpc) is 3.08. The molecule has 31 heavy (non-hydrogen) atoms. The van der Waals surface area contributed by atoms with Crippen molar-refractivity contribution in [2.24, 2.45) is 11.8 Å². The number of nitrogens with zero attached hydrogens (tertiary/aromatic N) is 2. The van der Waals surface area contributed by atoms with Gasteiger partial charge in [-0.15, -0.1) is 0 Å². The summed E-state index contributed by atoms with van der Waals surface area (Å²) in [5.41, 5.74) is 4.92. The highest BCUT2D eigenvalue weighted by Gasteiger charge is 2.35. The summed E-state index contributed by atoms with van der Waals surface area (Å²) in [5, 5.41) is 9.01. The molecule has 6 heteroatoms. The van der Waals surface area contributed by atoms with Crippen LogP contribution >= 0.6 is 0 Å². The number of fused-ring (bicyclic) bond motifs is 3. The number of hydrogen-bond donors (Lipinski definition) is 1. The first-order valence-corrected chi connectivity index (χ1v) is 11.1. The maximum absolute atomic E-state index is 12.7. The van der Waals surface area contributed by atoms with Crippen molar-refractivity contribution in [3.05, 3.63) is 59.7 Å². The highest BCUT2D eigenvalue weighted by atomic mass is 16.6. The molecule has 2 heterocycles. The zero-order chi connectivity index (χ0) is 21.4. The van der Waals surface area contributed by atoms with Gasteiger partial charge in [-0.2, -0.15) is 0 Å². The number of amides is 1. The Kier molecular flexibility index (Phi) is 5.40. The number of piperidine rings is 1. The third kappa shape index (κ3) is 3.92. The van der Waals surface area contributed by atoms with Crippen LogP contribution in [-0.2, 0) is 9.53 Å². The lowest BCUT2D eigenvalue weighted by atomic mass is 9.92. The number of carboxylic acids is 1. The van der Waals surface area contributed by atoms with Gasteiger partial charge in [-0.3, -0.25) is 4.79 Å². The van der Waals surface area contributed by atoms with Crippen molar-refractivity contribution in [2.45, 2.75) is 18.8 Å².